The predicted molar refractivity (Wildman–Crippen MR) is 107 cm³/mol. The van der Waals surface area contributed by atoms with E-state index in [0.717, 1.165) is 12.8 Å². The normalized spacial score (nSPS) is 17.4. The second-order valence-electron chi connectivity index (χ2n) is 7.54. The lowest BCUT2D eigenvalue weighted by Crippen LogP contribution is -2.42. The molecule has 0 aliphatic carbocycles. The SMILES string of the molecule is CN(C)[P+](c1cc2nc(c1)CCCCCCCC2)(N(C)C)N(C)C. The topological polar surface area (TPSA) is 22.6 Å². The number of rotatable bonds is 4. The first kappa shape index (κ1) is 19.8. The molecule has 4 nitrogen and oxygen atoms in total. The monoisotopic (exact) mass is 351 g/mol. The Morgan fingerprint density at radius 2 is 1.04 bits per heavy atom. The van der Waals surface area contributed by atoms with E-state index in [1.807, 2.05) is 0 Å². The second kappa shape index (κ2) is 8.71. The molecule has 0 aromatic carbocycles. The lowest BCUT2D eigenvalue weighted by Gasteiger charge is -2.39. The summed E-state index contributed by atoms with van der Waals surface area (Å²) in [6, 6.07) is 4.77. The summed E-state index contributed by atoms with van der Waals surface area (Å²) in [6.45, 7) is 0. The minimum Gasteiger partial charge on any atom is -0.258 e. The fourth-order valence-electron chi connectivity index (χ4n) is 4.15. The Bertz CT molecular complexity index is 478. The van der Waals surface area contributed by atoms with Crippen molar-refractivity contribution in [3.8, 4) is 0 Å². The number of pyridine rings is 1. The molecule has 1 aliphatic heterocycles. The maximum Gasteiger partial charge on any atom is 0.260 e. The molecule has 0 saturated carbocycles. The molecule has 1 aliphatic rings. The molecule has 2 bridgehead atoms. The lowest BCUT2D eigenvalue weighted by atomic mass is 10.1. The van der Waals surface area contributed by atoms with Crippen LogP contribution in [0.3, 0.4) is 0 Å². The third-order valence-electron chi connectivity index (χ3n) is 5.05. The first-order valence-corrected chi connectivity index (χ1v) is 11.0. The summed E-state index contributed by atoms with van der Waals surface area (Å²) in [6.07, 6.45) is 10.2. The molecule has 1 aromatic rings. The smallest absolute Gasteiger partial charge is 0.258 e. The quantitative estimate of drug-likeness (QED) is 0.773. The van der Waals surface area contributed by atoms with Crippen LogP contribution in [0, 0.1) is 0 Å². The highest BCUT2D eigenvalue weighted by Gasteiger charge is 2.50. The van der Waals surface area contributed by atoms with Crippen molar-refractivity contribution in [2.45, 2.75) is 51.4 Å². The van der Waals surface area contributed by atoms with Crippen LogP contribution >= 0.6 is 7.71 Å². The molecule has 2 heterocycles. The summed E-state index contributed by atoms with van der Waals surface area (Å²) in [5.74, 6) is 0. The summed E-state index contributed by atoms with van der Waals surface area (Å²) in [5, 5.41) is 1.45. The molecule has 1 aromatic heterocycles. The molecule has 0 N–H and O–H groups in total. The van der Waals surface area contributed by atoms with Crippen LogP contribution in [0.1, 0.15) is 49.9 Å². The molecule has 2 rings (SSSR count). The molecule has 0 fully saturated rings. The van der Waals surface area contributed by atoms with Gasteiger partial charge in [-0.05, 0) is 25.7 Å². The van der Waals surface area contributed by atoms with Gasteiger partial charge >= 0.3 is 0 Å². The molecule has 0 spiro atoms. The molecule has 5 heteroatoms. The van der Waals surface area contributed by atoms with Crippen LogP contribution in [0.2, 0.25) is 0 Å². The zero-order chi connectivity index (χ0) is 17.7. The van der Waals surface area contributed by atoms with E-state index in [1.54, 1.807) is 0 Å². The van der Waals surface area contributed by atoms with E-state index in [9.17, 15) is 0 Å². The maximum atomic E-state index is 4.99. The molecular formula is C19H36N4P+. The van der Waals surface area contributed by atoms with E-state index in [0.29, 0.717) is 0 Å². The standard InChI is InChI=1S/C19H36N4P/c1-21(2)24(22(3)4,23(5)6)19-15-17-13-11-9-7-8-10-12-14-18(16-19)20-17/h15-16H,7-14H2,1-6H3/q+1. The van der Waals surface area contributed by atoms with Crippen LogP contribution in [0.25, 0.3) is 0 Å². The van der Waals surface area contributed by atoms with Gasteiger partial charge in [0, 0.05) is 65.8 Å². The van der Waals surface area contributed by atoms with Crippen molar-refractivity contribution in [3.63, 3.8) is 0 Å². The van der Waals surface area contributed by atoms with E-state index in [-0.39, 0.29) is 0 Å². The van der Waals surface area contributed by atoms with Crippen LogP contribution in [-0.4, -0.2) is 61.3 Å². The van der Waals surface area contributed by atoms with Gasteiger partial charge in [0.25, 0.3) is 7.71 Å². The minimum atomic E-state index is -1.71. The summed E-state index contributed by atoms with van der Waals surface area (Å²) < 4.78 is 7.23. The van der Waals surface area contributed by atoms with Gasteiger partial charge in [-0.2, -0.15) is 14.0 Å². The van der Waals surface area contributed by atoms with Gasteiger partial charge < -0.3 is 0 Å². The number of aryl methyl sites for hydroxylation is 2. The molecule has 136 valence electrons. The van der Waals surface area contributed by atoms with Crippen molar-refractivity contribution in [3.05, 3.63) is 23.5 Å². The van der Waals surface area contributed by atoms with Crippen molar-refractivity contribution in [1.29, 1.82) is 0 Å². The van der Waals surface area contributed by atoms with Crippen LogP contribution in [0.5, 0.6) is 0 Å². The molecule has 0 saturated heterocycles. The summed E-state index contributed by atoms with van der Waals surface area (Å²) in [4.78, 5) is 4.99. The summed E-state index contributed by atoms with van der Waals surface area (Å²) >= 11 is 0. The highest BCUT2D eigenvalue weighted by Crippen LogP contribution is 2.62. The van der Waals surface area contributed by atoms with Gasteiger partial charge in [-0.25, -0.2) is 0 Å². The Hall–Kier alpha value is -0.540. The predicted octanol–water partition coefficient (Wildman–Crippen LogP) is 3.59. The fourth-order valence-corrected chi connectivity index (χ4v) is 8.32. The van der Waals surface area contributed by atoms with Crippen molar-refractivity contribution in [1.82, 2.24) is 19.0 Å². The number of aromatic nitrogens is 1. The Morgan fingerprint density at radius 1 is 0.667 bits per heavy atom. The van der Waals surface area contributed by atoms with Crippen molar-refractivity contribution in [2.75, 3.05) is 42.3 Å². The van der Waals surface area contributed by atoms with Gasteiger partial charge in [0.1, 0.15) is 0 Å². The van der Waals surface area contributed by atoms with Crippen molar-refractivity contribution in [2.24, 2.45) is 0 Å². The maximum absolute atomic E-state index is 4.99. The number of hydrogen-bond acceptors (Lipinski definition) is 4. The number of hydrogen-bond donors (Lipinski definition) is 0. The number of fused-ring (bicyclic) bond motifs is 2. The molecule has 0 atom stereocenters. The van der Waals surface area contributed by atoms with Crippen LogP contribution in [0.15, 0.2) is 12.1 Å². The van der Waals surface area contributed by atoms with Gasteiger partial charge in [0.05, 0.1) is 0 Å². The second-order valence-corrected chi connectivity index (χ2v) is 11.6. The van der Waals surface area contributed by atoms with Gasteiger partial charge in [0.15, 0.2) is 5.30 Å². The Labute approximate surface area is 149 Å². The molecule has 24 heavy (non-hydrogen) atoms. The largest absolute Gasteiger partial charge is 0.260 e. The van der Waals surface area contributed by atoms with Gasteiger partial charge in [-0.1, -0.05) is 25.7 Å². The lowest BCUT2D eigenvalue weighted by molar-refractivity contribution is 0.473. The fraction of sp³-hybridized carbons (Fsp3) is 0.737. The highest BCUT2D eigenvalue weighted by molar-refractivity contribution is 7.76. The highest BCUT2D eigenvalue weighted by atomic mass is 31.2. The van der Waals surface area contributed by atoms with E-state index < -0.39 is 7.71 Å². The molecule has 0 radical (unpaired) electrons. The van der Waals surface area contributed by atoms with Crippen LogP contribution in [0.4, 0.5) is 0 Å². The summed E-state index contributed by atoms with van der Waals surface area (Å²) in [5.41, 5.74) is 2.58. The minimum absolute atomic E-state index is 1.12. The zero-order valence-corrected chi connectivity index (χ0v) is 17.4. The first-order chi connectivity index (χ1) is 11.4. The average Bonchev–Trinajstić information content (AvgIpc) is 2.52. The van der Waals surface area contributed by atoms with Gasteiger partial charge in [0.2, 0.25) is 0 Å². The van der Waals surface area contributed by atoms with Crippen LogP contribution < -0.4 is 5.30 Å². The van der Waals surface area contributed by atoms with Gasteiger partial charge in [-0.15, -0.1) is 0 Å². The van der Waals surface area contributed by atoms with Crippen molar-refractivity contribution >= 4 is 13.0 Å². The molecule has 0 unspecified atom stereocenters. The van der Waals surface area contributed by atoms with Crippen LogP contribution in [-0.2, 0) is 12.8 Å². The Morgan fingerprint density at radius 3 is 1.42 bits per heavy atom. The van der Waals surface area contributed by atoms with E-state index in [2.05, 4.69) is 68.4 Å². The van der Waals surface area contributed by atoms with Crippen molar-refractivity contribution < 1.29 is 0 Å². The summed E-state index contributed by atoms with van der Waals surface area (Å²) in [7, 11) is 11.6. The van der Waals surface area contributed by atoms with Gasteiger partial charge in [-0.3, -0.25) is 4.98 Å². The third-order valence-corrected chi connectivity index (χ3v) is 9.35. The first-order valence-electron chi connectivity index (χ1n) is 9.32. The van der Waals surface area contributed by atoms with E-state index >= 15 is 0 Å². The molecule has 0 amide bonds. The number of nitrogens with zero attached hydrogens (tertiary/aromatic N) is 4. The third kappa shape index (κ3) is 4.16. The Balaban J connectivity index is 2.51. The Kier molecular flexibility index (Phi) is 7.18. The van der Waals surface area contributed by atoms with E-state index in [4.69, 9.17) is 4.98 Å². The zero-order valence-electron chi connectivity index (χ0n) is 16.5. The average molecular weight is 351 g/mol. The molecular weight excluding hydrogens is 315 g/mol. The van der Waals surface area contributed by atoms with E-state index in [1.165, 1.54) is 55.2 Å².